The van der Waals surface area contributed by atoms with E-state index in [-0.39, 0.29) is 11.9 Å². The molecule has 1 amide bonds. The molecule has 0 radical (unpaired) electrons. The molecule has 0 spiro atoms. The number of carbonyl (C=O) groups excluding carboxylic acids is 1. The second kappa shape index (κ2) is 5.09. The number of aryl methyl sites for hydroxylation is 1. The second-order valence-corrected chi connectivity index (χ2v) is 6.47. The van der Waals surface area contributed by atoms with E-state index in [1.54, 1.807) is 29.3 Å². The molecule has 1 fully saturated rings. The van der Waals surface area contributed by atoms with Gasteiger partial charge in [-0.3, -0.25) is 9.48 Å². The molecule has 0 aromatic carbocycles. The molecule has 19 heavy (non-hydrogen) atoms. The third kappa shape index (κ3) is 2.23. The molecule has 0 N–H and O–H groups in total. The number of nitrogens with zero attached hydrogens (tertiary/aromatic N) is 3. The minimum absolute atomic E-state index is 0.0581. The fraction of sp³-hybridized carbons (Fsp3) is 0.385. The monoisotopic (exact) mass is 339 g/mol. The Morgan fingerprint density at radius 2 is 2.42 bits per heavy atom. The Hall–Kier alpha value is -1.14. The van der Waals surface area contributed by atoms with Crippen LogP contribution < -0.4 is 0 Å². The summed E-state index contributed by atoms with van der Waals surface area (Å²) in [7, 11) is 1.80. The molecule has 3 heterocycles. The molecule has 1 atom stereocenters. The largest absolute Gasteiger partial charge is 0.329 e. The Labute approximate surface area is 124 Å². The van der Waals surface area contributed by atoms with Gasteiger partial charge in [-0.05, 0) is 40.2 Å². The molecule has 0 bridgehead atoms. The molecule has 100 valence electrons. The maximum absolute atomic E-state index is 12.7. The lowest BCUT2D eigenvalue weighted by atomic mass is 10.2. The van der Waals surface area contributed by atoms with Crippen molar-refractivity contribution in [3.8, 4) is 0 Å². The van der Waals surface area contributed by atoms with Gasteiger partial charge in [0.15, 0.2) is 0 Å². The number of carbonyl (C=O) groups is 1. The zero-order chi connectivity index (χ0) is 13.4. The molecule has 6 heteroatoms. The molecular weight excluding hydrogens is 326 g/mol. The Morgan fingerprint density at radius 1 is 1.58 bits per heavy atom. The molecule has 1 aliphatic rings. The van der Waals surface area contributed by atoms with Crippen molar-refractivity contribution in [2.75, 3.05) is 6.54 Å². The summed E-state index contributed by atoms with van der Waals surface area (Å²) in [6, 6.07) is 4.37. The van der Waals surface area contributed by atoms with Crippen molar-refractivity contribution in [3.63, 3.8) is 0 Å². The average Bonchev–Trinajstić information content (AvgIpc) is 3.08. The fourth-order valence-corrected chi connectivity index (χ4v) is 3.97. The van der Waals surface area contributed by atoms with Gasteiger partial charge in [0.05, 0.1) is 16.7 Å². The standard InChI is InChI=1S/C13H14BrN3OS/c1-16-12(9(14)8-15-16)13(18)17-6-2-4-10(17)11-5-3-7-19-11/h3,5,7-8,10H,2,4,6H2,1H3/t10-/m1/s1. The van der Waals surface area contributed by atoms with Crippen LogP contribution in [0, 0.1) is 0 Å². The van der Waals surface area contributed by atoms with Crippen molar-refractivity contribution in [1.82, 2.24) is 14.7 Å². The van der Waals surface area contributed by atoms with Crippen LogP contribution >= 0.6 is 27.3 Å². The molecule has 2 aromatic heterocycles. The maximum atomic E-state index is 12.7. The van der Waals surface area contributed by atoms with E-state index in [1.165, 1.54) is 4.88 Å². The van der Waals surface area contributed by atoms with E-state index in [2.05, 4.69) is 32.5 Å². The summed E-state index contributed by atoms with van der Waals surface area (Å²) in [5.41, 5.74) is 0.628. The highest BCUT2D eigenvalue weighted by atomic mass is 79.9. The summed E-state index contributed by atoms with van der Waals surface area (Å²) in [5.74, 6) is 0.0581. The number of hydrogen-bond acceptors (Lipinski definition) is 3. The number of hydrogen-bond donors (Lipinski definition) is 0. The highest BCUT2D eigenvalue weighted by molar-refractivity contribution is 9.10. The van der Waals surface area contributed by atoms with Crippen LogP contribution in [0.1, 0.15) is 34.2 Å². The summed E-state index contributed by atoms with van der Waals surface area (Å²) in [5, 5.41) is 6.19. The minimum Gasteiger partial charge on any atom is -0.329 e. The van der Waals surface area contributed by atoms with Gasteiger partial charge in [0.1, 0.15) is 5.69 Å². The molecule has 4 nitrogen and oxygen atoms in total. The predicted octanol–water partition coefficient (Wildman–Crippen LogP) is 3.22. The van der Waals surface area contributed by atoms with Crippen LogP contribution in [0.3, 0.4) is 0 Å². The first-order valence-corrected chi connectivity index (χ1v) is 7.87. The van der Waals surface area contributed by atoms with Crippen molar-refractivity contribution in [3.05, 3.63) is 38.8 Å². The number of amides is 1. The van der Waals surface area contributed by atoms with Gasteiger partial charge in [-0.25, -0.2) is 0 Å². The van der Waals surface area contributed by atoms with Crippen LogP contribution in [-0.2, 0) is 7.05 Å². The SMILES string of the molecule is Cn1ncc(Br)c1C(=O)N1CCC[C@@H]1c1cccs1. The number of aromatic nitrogens is 2. The van der Waals surface area contributed by atoms with Gasteiger partial charge in [0, 0.05) is 18.5 Å². The lowest BCUT2D eigenvalue weighted by molar-refractivity contribution is 0.0725. The lowest BCUT2D eigenvalue weighted by Gasteiger charge is -2.24. The molecular formula is C13H14BrN3OS. The van der Waals surface area contributed by atoms with Gasteiger partial charge in [-0.2, -0.15) is 5.10 Å². The number of thiophene rings is 1. The summed E-state index contributed by atoms with van der Waals surface area (Å²) >= 11 is 5.12. The Morgan fingerprint density at radius 3 is 3.05 bits per heavy atom. The van der Waals surface area contributed by atoms with E-state index < -0.39 is 0 Å². The normalized spacial score (nSPS) is 19.1. The number of rotatable bonds is 2. The highest BCUT2D eigenvalue weighted by Gasteiger charge is 2.33. The maximum Gasteiger partial charge on any atom is 0.273 e. The molecule has 1 aliphatic heterocycles. The molecule has 0 unspecified atom stereocenters. The number of likely N-dealkylation sites (tertiary alicyclic amines) is 1. The predicted molar refractivity (Wildman–Crippen MR) is 78.2 cm³/mol. The van der Waals surface area contributed by atoms with Gasteiger partial charge in [0.2, 0.25) is 0 Å². The second-order valence-electron chi connectivity index (χ2n) is 4.64. The summed E-state index contributed by atoms with van der Waals surface area (Å²) in [6.45, 7) is 0.818. The third-order valence-electron chi connectivity index (χ3n) is 3.48. The van der Waals surface area contributed by atoms with Crippen molar-refractivity contribution in [2.45, 2.75) is 18.9 Å². The van der Waals surface area contributed by atoms with Crippen LogP contribution in [-0.4, -0.2) is 27.1 Å². The molecule has 3 rings (SSSR count). The average molecular weight is 340 g/mol. The fourth-order valence-electron chi connectivity index (χ4n) is 2.57. The molecule has 0 saturated carbocycles. The summed E-state index contributed by atoms with van der Waals surface area (Å²) < 4.78 is 2.40. The van der Waals surface area contributed by atoms with Crippen molar-refractivity contribution in [1.29, 1.82) is 0 Å². The van der Waals surface area contributed by atoms with Crippen LogP contribution in [0.15, 0.2) is 28.2 Å². The number of halogens is 1. The van der Waals surface area contributed by atoms with E-state index >= 15 is 0 Å². The van der Waals surface area contributed by atoms with Gasteiger partial charge >= 0.3 is 0 Å². The van der Waals surface area contributed by atoms with Crippen molar-refractivity contribution in [2.24, 2.45) is 7.05 Å². The third-order valence-corrected chi connectivity index (χ3v) is 5.04. The quantitative estimate of drug-likeness (QED) is 0.842. The Kier molecular flexibility index (Phi) is 3.45. The van der Waals surface area contributed by atoms with E-state index in [4.69, 9.17) is 0 Å². The zero-order valence-electron chi connectivity index (χ0n) is 10.5. The van der Waals surface area contributed by atoms with Crippen molar-refractivity contribution >= 4 is 33.2 Å². The lowest BCUT2D eigenvalue weighted by Crippen LogP contribution is -2.31. The smallest absolute Gasteiger partial charge is 0.273 e. The Balaban J connectivity index is 1.91. The first-order chi connectivity index (χ1) is 9.18. The van der Waals surface area contributed by atoms with E-state index in [9.17, 15) is 4.79 Å². The zero-order valence-corrected chi connectivity index (χ0v) is 12.9. The van der Waals surface area contributed by atoms with Crippen LogP contribution in [0.2, 0.25) is 0 Å². The first kappa shape index (κ1) is 12.9. The Bertz CT molecular complexity index is 574. The van der Waals surface area contributed by atoms with Crippen LogP contribution in [0.5, 0.6) is 0 Å². The topological polar surface area (TPSA) is 38.1 Å². The van der Waals surface area contributed by atoms with Gasteiger partial charge in [0.25, 0.3) is 5.91 Å². The van der Waals surface area contributed by atoms with Gasteiger partial charge in [-0.1, -0.05) is 6.07 Å². The van der Waals surface area contributed by atoms with Gasteiger partial charge < -0.3 is 4.90 Å². The van der Waals surface area contributed by atoms with E-state index in [0.29, 0.717) is 5.69 Å². The highest BCUT2D eigenvalue weighted by Crippen LogP contribution is 2.36. The summed E-state index contributed by atoms with van der Waals surface area (Å²) in [6.07, 6.45) is 3.77. The van der Waals surface area contributed by atoms with E-state index in [1.807, 2.05) is 11.0 Å². The van der Waals surface area contributed by atoms with Crippen LogP contribution in [0.25, 0.3) is 0 Å². The van der Waals surface area contributed by atoms with Gasteiger partial charge in [-0.15, -0.1) is 11.3 Å². The first-order valence-electron chi connectivity index (χ1n) is 6.20. The van der Waals surface area contributed by atoms with Crippen molar-refractivity contribution < 1.29 is 4.79 Å². The van der Waals surface area contributed by atoms with E-state index in [0.717, 1.165) is 23.9 Å². The van der Waals surface area contributed by atoms with Crippen LogP contribution in [0.4, 0.5) is 0 Å². The minimum atomic E-state index is 0.0581. The summed E-state index contributed by atoms with van der Waals surface area (Å²) in [4.78, 5) is 15.9. The molecule has 0 aliphatic carbocycles. The molecule has 1 saturated heterocycles. The molecule has 2 aromatic rings.